The molecule has 0 radical (unpaired) electrons. The molecule has 7 nitrogen and oxygen atoms in total. The van der Waals surface area contributed by atoms with E-state index in [0.717, 1.165) is 11.1 Å². The van der Waals surface area contributed by atoms with Gasteiger partial charge in [-0.1, -0.05) is 41.6 Å². The number of benzene rings is 2. The van der Waals surface area contributed by atoms with Crippen molar-refractivity contribution in [2.24, 2.45) is 0 Å². The number of hydrogen-bond donors (Lipinski definition) is 2. The Kier molecular flexibility index (Phi) is 3.76. The van der Waals surface area contributed by atoms with Crippen LogP contribution in [0.4, 0.5) is 0 Å². The first-order valence-corrected chi connectivity index (χ1v) is 8.28. The van der Waals surface area contributed by atoms with Crippen molar-refractivity contribution in [2.75, 3.05) is 0 Å². The number of aryl methyl sites for hydroxylation is 1. The molecule has 4 aromatic rings. The molecule has 4 rings (SSSR count). The molecule has 2 heterocycles. The van der Waals surface area contributed by atoms with Gasteiger partial charge in [-0.15, -0.1) is 5.10 Å². The molecule has 2 N–H and O–H groups in total. The molecule has 0 aliphatic rings. The Balaban J connectivity index is 1.76. The van der Waals surface area contributed by atoms with E-state index in [1.54, 1.807) is 0 Å². The van der Waals surface area contributed by atoms with E-state index in [9.17, 15) is 9.59 Å². The van der Waals surface area contributed by atoms with Crippen molar-refractivity contribution in [3.8, 4) is 0 Å². The summed E-state index contributed by atoms with van der Waals surface area (Å²) in [6.45, 7) is 3.81. The number of H-pyrrole nitrogens is 1. The second kappa shape index (κ2) is 6.11. The van der Waals surface area contributed by atoms with Crippen molar-refractivity contribution in [3.05, 3.63) is 75.7 Å². The Bertz CT molecular complexity index is 1180. The summed E-state index contributed by atoms with van der Waals surface area (Å²) in [4.78, 5) is 28.0. The zero-order chi connectivity index (χ0) is 18.3. The summed E-state index contributed by atoms with van der Waals surface area (Å²) >= 11 is 0. The van der Waals surface area contributed by atoms with Crippen LogP contribution in [0.15, 0.2) is 53.3 Å². The number of aromatic nitrogens is 4. The minimum Gasteiger partial charge on any atom is -0.344 e. The standard InChI is InChI=1S/C19H17N5O2/c1-11-8-9-15-14(10-11)21-19(26)17-16(22-23-24(15)17)18(25)20-12(2)13-6-4-3-5-7-13/h3-10,12H,1-2H3,(H,20,25)(H,21,26)/t12-/m0/s1. The first kappa shape index (κ1) is 16.0. The number of nitrogens with one attached hydrogen (secondary N) is 2. The molecular formula is C19H17N5O2. The number of rotatable bonds is 3. The first-order chi connectivity index (χ1) is 12.5. The molecule has 7 heteroatoms. The number of amides is 1. The summed E-state index contributed by atoms with van der Waals surface area (Å²) < 4.78 is 1.41. The zero-order valence-electron chi connectivity index (χ0n) is 14.4. The lowest BCUT2D eigenvalue weighted by Crippen LogP contribution is -2.28. The number of carbonyl (C=O) groups is 1. The highest BCUT2D eigenvalue weighted by atomic mass is 16.2. The van der Waals surface area contributed by atoms with E-state index < -0.39 is 11.5 Å². The fraction of sp³-hybridized carbons (Fsp3) is 0.158. The highest BCUT2D eigenvalue weighted by Crippen LogP contribution is 2.16. The van der Waals surface area contributed by atoms with Gasteiger partial charge in [-0.2, -0.15) is 0 Å². The molecule has 0 aliphatic carbocycles. The predicted molar refractivity (Wildman–Crippen MR) is 98.2 cm³/mol. The van der Waals surface area contributed by atoms with E-state index >= 15 is 0 Å². The van der Waals surface area contributed by atoms with Crippen LogP contribution < -0.4 is 10.9 Å². The number of hydrogen-bond acceptors (Lipinski definition) is 4. The van der Waals surface area contributed by atoms with Gasteiger partial charge in [0, 0.05) is 0 Å². The molecular weight excluding hydrogens is 330 g/mol. The highest BCUT2D eigenvalue weighted by molar-refractivity contribution is 5.99. The third-order valence-electron chi connectivity index (χ3n) is 4.38. The average Bonchev–Trinajstić information content (AvgIpc) is 3.08. The Morgan fingerprint density at radius 2 is 1.96 bits per heavy atom. The van der Waals surface area contributed by atoms with E-state index in [-0.39, 0.29) is 17.3 Å². The van der Waals surface area contributed by atoms with Gasteiger partial charge < -0.3 is 10.3 Å². The van der Waals surface area contributed by atoms with Crippen LogP contribution in [0, 0.1) is 6.92 Å². The second-order valence-corrected chi connectivity index (χ2v) is 6.28. The number of carbonyl (C=O) groups excluding carboxylic acids is 1. The summed E-state index contributed by atoms with van der Waals surface area (Å²) in [5, 5.41) is 10.8. The highest BCUT2D eigenvalue weighted by Gasteiger charge is 2.21. The van der Waals surface area contributed by atoms with Crippen molar-refractivity contribution in [2.45, 2.75) is 19.9 Å². The minimum atomic E-state index is -0.437. The maximum Gasteiger partial charge on any atom is 0.277 e. The number of fused-ring (bicyclic) bond motifs is 3. The lowest BCUT2D eigenvalue weighted by atomic mass is 10.1. The fourth-order valence-corrected chi connectivity index (χ4v) is 3.01. The average molecular weight is 347 g/mol. The van der Waals surface area contributed by atoms with Crippen LogP contribution in [0.5, 0.6) is 0 Å². The van der Waals surface area contributed by atoms with Crippen molar-refractivity contribution >= 4 is 22.5 Å². The van der Waals surface area contributed by atoms with E-state index in [0.29, 0.717) is 11.0 Å². The van der Waals surface area contributed by atoms with E-state index in [4.69, 9.17) is 0 Å². The second-order valence-electron chi connectivity index (χ2n) is 6.28. The van der Waals surface area contributed by atoms with Gasteiger partial charge in [-0.25, -0.2) is 4.52 Å². The van der Waals surface area contributed by atoms with Gasteiger partial charge in [0.15, 0.2) is 11.2 Å². The van der Waals surface area contributed by atoms with Gasteiger partial charge >= 0.3 is 0 Å². The Morgan fingerprint density at radius 3 is 2.73 bits per heavy atom. The first-order valence-electron chi connectivity index (χ1n) is 8.28. The Morgan fingerprint density at radius 1 is 1.19 bits per heavy atom. The van der Waals surface area contributed by atoms with Crippen LogP contribution in [0.1, 0.15) is 34.6 Å². The molecule has 26 heavy (non-hydrogen) atoms. The largest absolute Gasteiger partial charge is 0.344 e. The molecule has 2 aromatic heterocycles. The molecule has 2 aromatic carbocycles. The van der Waals surface area contributed by atoms with Crippen LogP contribution in [0.3, 0.4) is 0 Å². The zero-order valence-corrected chi connectivity index (χ0v) is 14.4. The van der Waals surface area contributed by atoms with Gasteiger partial charge in [0.25, 0.3) is 11.5 Å². The van der Waals surface area contributed by atoms with Gasteiger partial charge in [0.1, 0.15) is 0 Å². The fourth-order valence-electron chi connectivity index (χ4n) is 3.01. The van der Waals surface area contributed by atoms with Crippen LogP contribution in [0.2, 0.25) is 0 Å². The quantitative estimate of drug-likeness (QED) is 0.595. The van der Waals surface area contributed by atoms with Gasteiger partial charge in [0.05, 0.1) is 17.1 Å². The molecule has 0 spiro atoms. The molecule has 0 bridgehead atoms. The predicted octanol–water partition coefficient (Wildman–Crippen LogP) is 2.37. The van der Waals surface area contributed by atoms with Crippen molar-refractivity contribution in [1.82, 2.24) is 25.1 Å². The van der Waals surface area contributed by atoms with E-state index in [1.807, 2.05) is 62.4 Å². The van der Waals surface area contributed by atoms with Gasteiger partial charge in [-0.05, 0) is 37.1 Å². The van der Waals surface area contributed by atoms with Crippen LogP contribution in [-0.2, 0) is 0 Å². The maximum absolute atomic E-state index is 12.7. The van der Waals surface area contributed by atoms with E-state index in [1.165, 1.54) is 4.52 Å². The third-order valence-corrected chi connectivity index (χ3v) is 4.38. The topological polar surface area (TPSA) is 92.1 Å². The van der Waals surface area contributed by atoms with Crippen molar-refractivity contribution < 1.29 is 4.79 Å². The third kappa shape index (κ3) is 2.63. The maximum atomic E-state index is 12.7. The molecule has 0 fully saturated rings. The van der Waals surface area contributed by atoms with Crippen molar-refractivity contribution in [3.63, 3.8) is 0 Å². The summed E-state index contributed by atoms with van der Waals surface area (Å²) in [7, 11) is 0. The summed E-state index contributed by atoms with van der Waals surface area (Å²) in [5.41, 5.74) is 3.07. The molecule has 1 atom stereocenters. The Hall–Kier alpha value is -3.48. The van der Waals surface area contributed by atoms with Crippen LogP contribution >= 0.6 is 0 Å². The number of nitrogens with zero attached hydrogens (tertiary/aromatic N) is 3. The summed E-state index contributed by atoms with van der Waals surface area (Å²) in [6, 6.07) is 15.0. The smallest absolute Gasteiger partial charge is 0.277 e. The SMILES string of the molecule is Cc1ccc2c(c1)[nH]c(=O)c1c(C(=O)N[C@@H](C)c3ccccc3)nnn12. The molecule has 0 saturated carbocycles. The van der Waals surface area contributed by atoms with Gasteiger partial charge in [0.2, 0.25) is 0 Å². The van der Waals surface area contributed by atoms with Crippen molar-refractivity contribution in [1.29, 1.82) is 0 Å². The normalized spacial score (nSPS) is 12.4. The molecule has 0 saturated heterocycles. The molecule has 0 aliphatic heterocycles. The lowest BCUT2D eigenvalue weighted by Gasteiger charge is -2.13. The van der Waals surface area contributed by atoms with E-state index in [2.05, 4.69) is 20.6 Å². The monoisotopic (exact) mass is 347 g/mol. The molecule has 130 valence electrons. The molecule has 1 amide bonds. The number of aromatic amines is 1. The van der Waals surface area contributed by atoms with Crippen LogP contribution in [0.25, 0.3) is 16.6 Å². The molecule has 0 unspecified atom stereocenters. The summed E-state index contributed by atoms with van der Waals surface area (Å²) in [5.74, 6) is -0.437. The Labute approximate surface area is 148 Å². The summed E-state index contributed by atoms with van der Waals surface area (Å²) in [6.07, 6.45) is 0. The van der Waals surface area contributed by atoms with Gasteiger partial charge in [-0.3, -0.25) is 9.59 Å². The lowest BCUT2D eigenvalue weighted by molar-refractivity contribution is 0.0936. The minimum absolute atomic E-state index is 0.0107. The van der Waals surface area contributed by atoms with Crippen LogP contribution in [-0.4, -0.2) is 25.7 Å².